The van der Waals surface area contributed by atoms with Gasteiger partial charge in [0, 0.05) is 5.92 Å². The molecule has 4 atom stereocenters. The molecule has 1 nitrogen and oxygen atoms in total. The summed E-state index contributed by atoms with van der Waals surface area (Å²) in [6.07, 6.45) is 7.78. The molecule has 84 valence electrons. The Kier molecular flexibility index (Phi) is 2.96. The minimum Gasteiger partial charge on any atom is -0.300 e. The van der Waals surface area contributed by atoms with Crippen LogP contribution in [0.1, 0.15) is 52.4 Å². The normalized spacial score (nSPS) is 45.9. The van der Waals surface area contributed by atoms with Gasteiger partial charge in [0.05, 0.1) is 0 Å². The summed E-state index contributed by atoms with van der Waals surface area (Å²) in [5.74, 6) is 2.46. The van der Waals surface area contributed by atoms with E-state index in [0.717, 1.165) is 18.3 Å². The zero-order valence-corrected chi connectivity index (χ0v) is 10.4. The minimum absolute atomic E-state index is 0.378. The molecule has 0 aromatic rings. The predicted molar refractivity (Wildman–Crippen MR) is 65.8 cm³/mol. The lowest BCUT2D eigenvalue weighted by atomic mass is 9.46. The molecule has 0 spiro atoms. The average Bonchev–Trinajstić information content (AvgIpc) is 2.17. The molecule has 1 unspecified atom stereocenters. The molecule has 0 radical (unpaired) electrons. The van der Waals surface area contributed by atoms with Crippen LogP contribution in [0, 0.1) is 17.8 Å². The van der Waals surface area contributed by atoms with E-state index in [4.69, 9.17) is 0 Å². The fraction of sp³-hybridized carbons (Fsp3) is 0.923. The summed E-state index contributed by atoms with van der Waals surface area (Å²) >= 11 is 0. The zero-order valence-electron chi connectivity index (χ0n) is 10.4. The minimum atomic E-state index is 0.378. The van der Waals surface area contributed by atoms with Gasteiger partial charge in [-0.15, -0.1) is 0 Å². The van der Waals surface area contributed by atoms with E-state index < -0.39 is 0 Å². The summed E-state index contributed by atoms with van der Waals surface area (Å²) in [7, 11) is 2.46. The molecule has 2 rings (SSSR count). The number of carbonyl (C=O) groups is 1. The van der Waals surface area contributed by atoms with Gasteiger partial charge in [0.2, 0.25) is 0 Å². The Hall–Kier alpha value is -0.265. The first-order chi connectivity index (χ1) is 7.03. The molecule has 2 aliphatic carbocycles. The molecule has 2 fully saturated rings. The van der Waals surface area contributed by atoms with E-state index in [9.17, 15) is 4.79 Å². The van der Waals surface area contributed by atoms with E-state index >= 15 is 0 Å². The van der Waals surface area contributed by atoms with Gasteiger partial charge in [-0.3, -0.25) is 4.79 Å². The van der Waals surface area contributed by atoms with Gasteiger partial charge in [-0.2, -0.15) is 0 Å². The number of hydrogen-bond acceptors (Lipinski definition) is 1. The third-order valence-electron chi connectivity index (χ3n) is 5.17. The maximum Gasteiger partial charge on any atom is 0.132 e. The molecule has 15 heavy (non-hydrogen) atoms. The van der Waals surface area contributed by atoms with Crippen LogP contribution in [0.2, 0.25) is 5.31 Å². The predicted octanol–water partition coefficient (Wildman–Crippen LogP) is 2.60. The maximum atomic E-state index is 11.5. The second kappa shape index (κ2) is 3.95. The average molecular weight is 206 g/mol. The maximum absolute atomic E-state index is 11.5. The summed E-state index contributed by atoms with van der Waals surface area (Å²) < 4.78 is 0. The van der Waals surface area contributed by atoms with Gasteiger partial charge in [0.15, 0.2) is 0 Å². The van der Waals surface area contributed by atoms with Crippen molar-refractivity contribution < 1.29 is 4.79 Å². The summed E-state index contributed by atoms with van der Waals surface area (Å²) in [5, 5.41) is 0.559. The van der Waals surface area contributed by atoms with Crippen LogP contribution in [-0.4, -0.2) is 13.6 Å². The SMILES string of the molecule is B[C@]12CCC[C@@H](C)[C@@H]1CC(C(C)=O)CC2. The van der Waals surface area contributed by atoms with Crippen molar-refractivity contribution in [1.82, 2.24) is 0 Å². The Morgan fingerprint density at radius 1 is 1.33 bits per heavy atom. The Labute approximate surface area is 94.4 Å². The molecule has 2 aliphatic rings. The number of rotatable bonds is 1. The summed E-state index contributed by atoms with van der Waals surface area (Å²) in [4.78, 5) is 11.5. The lowest BCUT2D eigenvalue weighted by molar-refractivity contribution is -0.123. The highest BCUT2D eigenvalue weighted by Crippen LogP contribution is 2.57. The van der Waals surface area contributed by atoms with E-state index in [1.807, 2.05) is 0 Å². The largest absolute Gasteiger partial charge is 0.300 e. The van der Waals surface area contributed by atoms with Gasteiger partial charge in [-0.05, 0) is 31.6 Å². The van der Waals surface area contributed by atoms with Crippen LogP contribution < -0.4 is 0 Å². The number of fused-ring (bicyclic) bond motifs is 1. The lowest BCUT2D eigenvalue weighted by Gasteiger charge is -2.50. The van der Waals surface area contributed by atoms with Crippen molar-refractivity contribution in [2.45, 2.75) is 57.7 Å². The summed E-state index contributed by atoms with van der Waals surface area (Å²) in [6, 6.07) is 0. The molecule has 0 N–H and O–H groups in total. The van der Waals surface area contributed by atoms with E-state index in [1.165, 1.54) is 32.1 Å². The third kappa shape index (κ3) is 2.00. The molecule has 2 saturated carbocycles. The molecule has 0 aliphatic heterocycles. The van der Waals surface area contributed by atoms with Crippen molar-refractivity contribution in [2.24, 2.45) is 17.8 Å². The van der Waals surface area contributed by atoms with E-state index in [-0.39, 0.29) is 0 Å². The number of hydrogen-bond donors (Lipinski definition) is 0. The Balaban J connectivity index is 2.12. The van der Waals surface area contributed by atoms with Crippen molar-refractivity contribution in [2.75, 3.05) is 0 Å². The van der Waals surface area contributed by atoms with Crippen molar-refractivity contribution in [3.63, 3.8) is 0 Å². The van der Waals surface area contributed by atoms with Gasteiger partial charge in [-0.1, -0.05) is 37.9 Å². The Morgan fingerprint density at radius 3 is 2.73 bits per heavy atom. The Bertz CT molecular complexity index is 263. The fourth-order valence-electron chi connectivity index (χ4n) is 4.03. The van der Waals surface area contributed by atoms with Gasteiger partial charge in [0.25, 0.3) is 0 Å². The number of carbonyl (C=O) groups excluding carboxylic acids is 1. The van der Waals surface area contributed by atoms with Gasteiger partial charge in [0.1, 0.15) is 13.6 Å². The van der Waals surface area contributed by atoms with Gasteiger partial charge < -0.3 is 0 Å². The summed E-state index contributed by atoms with van der Waals surface area (Å²) in [5.41, 5.74) is 0. The van der Waals surface area contributed by atoms with E-state index in [2.05, 4.69) is 14.8 Å². The van der Waals surface area contributed by atoms with Crippen LogP contribution in [0.15, 0.2) is 0 Å². The van der Waals surface area contributed by atoms with Crippen LogP contribution in [0.25, 0.3) is 0 Å². The highest BCUT2D eigenvalue weighted by Gasteiger charge is 2.44. The topological polar surface area (TPSA) is 17.1 Å². The van der Waals surface area contributed by atoms with Gasteiger partial charge >= 0.3 is 0 Å². The van der Waals surface area contributed by atoms with Crippen LogP contribution in [0.5, 0.6) is 0 Å². The fourth-order valence-corrected chi connectivity index (χ4v) is 4.03. The smallest absolute Gasteiger partial charge is 0.132 e. The second-order valence-corrected chi connectivity index (χ2v) is 6.21. The van der Waals surface area contributed by atoms with Crippen LogP contribution in [0.3, 0.4) is 0 Å². The molecule has 0 heterocycles. The first kappa shape index (κ1) is 11.2. The van der Waals surface area contributed by atoms with Crippen LogP contribution >= 0.6 is 0 Å². The first-order valence-corrected chi connectivity index (χ1v) is 6.53. The molecule has 0 amide bonds. The van der Waals surface area contributed by atoms with Crippen LogP contribution in [0.4, 0.5) is 0 Å². The summed E-state index contributed by atoms with van der Waals surface area (Å²) in [6.45, 7) is 4.17. The highest BCUT2D eigenvalue weighted by molar-refractivity contribution is 6.15. The van der Waals surface area contributed by atoms with Crippen molar-refractivity contribution in [3.05, 3.63) is 0 Å². The molecular formula is C13H23BO. The molecule has 0 aromatic heterocycles. The van der Waals surface area contributed by atoms with Crippen molar-refractivity contribution in [3.8, 4) is 0 Å². The van der Waals surface area contributed by atoms with Crippen molar-refractivity contribution >= 4 is 13.6 Å². The zero-order chi connectivity index (χ0) is 11.1. The number of Topliss-reactive ketones (excluding diaryl/α,β-unsaturated/α-hetero) is 1. The standard InChI is InChI=1S/C13H23BO/c1-9-4-3-6-13(14)7-5-11(10(2)15)8-12(9)13/h9,11-12H,3-8,14H2,1-2H3/t9-,11?,12+,13+/m1/s1. The first-order valence-electron chi connectivity index (χ1n) is 6.53. The monoisotopic (exact) mass is 206 g/mol. The molecule has 2 heteroatoms. The van der Waals surface area contributed by atoms with Crippen molar-refractivity contribution in [1.29, 1.82) is 0 Å². The lowest BCUT2D eigenvalue weighted by Crippen LogP contribution is -2.39. The van der Waals surface area contributed by atoms with Crippen LogP contribution in [-0.2, 0) is 4.79 Å². The molecule has 0 saturated heterocycles. The quantitative estimate of drug-likeness (QED) is 0.602. The second-order valence-electron chi connectivity index (χ2n) is 6.21. The highest BCUT2D eigenvalue weighted by atomic mass is 16.1. The number of ketones is 1. The van der Waals surface area contributed by atoms with E-state index in [1.54, 1.807) is 6.92 Å². The Morgan fingerprint density at radius 2 is 2.07 bits per heavy atom. The van der Waals surface area contributed by atoms with E-state index in [0.29, 0.717) is 17.0 Å². The molecule has 0 bridgehead atoms. The molecular weight excluding hydrogens is 183 g/mol. The third-order valence-corrected chi connectivity index (χ3v) is 5.17. The van der Waals surface area contributed by atoms with Gasteiger partial charge in [-0.25, -0.2) is 0 Å². The molecule has 0 aromatic carbocycles.